The molecule has 0 aromatic heterocycles. The summed E-state index contributed by atoms with van der Waals surface area (Å²) in [7, 11) is 1.47. The summed E-state index contributed by atoms with van der Waals surface area (Å²) in [5.74, 6) is -0.821. The summed E-state index contributed by atoms with van der Waals surface area (Å²) < 4.78 is 34.3. The molecule has 0 rings (SSSR count). The molecule has 0 aromatic carbocycles. The molecule has 0 amide bonds. The summed E-state index contributed by atoms with van der Waals surface area (Å²) in [5.41, 5.74) is 0. The first kappa shape index (κ1) is 54.5. The third-order valence-electron chi connectivity index (χ3n) is 9.95. The molecular weight excluding hydrogens is 725 g/mol. The number of unbranched alkanes of at least 4 members (excludes halogenated alkanes) is 24. The molecular formula is C46H89NO8P+. The lowest BCUT2D eigenvalue weighted by atomic mass is 10.1. The molecule has 0 fully saturated rings. The lowest BCUT2D eigenvalue weighted by Crippen LogP contribution is -2.37. The van der Waals surface area contributed by atoms with Gasteiger partial charge in [0.05, 0.1) is 27.7 Å². The van der Waals surface area contributed by atoms with Crippen LogP contribution in [0.25, 0.3) is 0 Å². The van der Waals surface area contributed by atoms with Gasteiger partial charge in [-0.05, 0) is 64.2 Å². The van der Waals surface area contributed by atoms with Crippen LogP contribution in [-0.4, -0.2) is 74.9 Å². The van der Waals surface area contributed by atoms with E-state index in [9.17, 15) is 19.0 Å². The molecule has 56 heavy (non-hydrogen) atoms. The summed E-state index contributed by atoms with van der Waals surface area (Å²) in [5, 5.41) is 0. The maximum atomic E-state index is 12.7. The number of esters is 2. The van der Waals surface area contributed by atoms with Crippen LogP contribution in [0.5, 0.6) is 0 Å². The quantitative estimate of drug-likeness (QED) is 0.0213. The van der Waals surface area contributed by atoms with Crippen LogP contribution in [0.4, 0.5) is 0 Å². The predicted molar refractivity (Wildman–Crippen MR) is 234 cm³/mol. The topological polar surface area (TPSA) is 108 Å². The van der Waals surface area contributed by atoms with E-state index >= 15 is 0 Å². The van der Waals surface area contributed by atoms with Crippen LogP contribution in [0.3, 0.4) is 0 Å². The van der Waals surface area contributed by atoms with Crippen LogP contribution in [0.1, 0.15) is 206 Å². The maximum Gasteiger partial charge on any atom is 0.472 e. The van der Waals surface area contributed by atoms with Crippen LogP contribution >= 0.6 is 7.82 Å². The zero-order valence-electron chi connectivity index (χ0n) is 37.1. The molecule has 0 bridgehead atoms. The molecule has 0 aliphatic rings. The standard InChI is InChI=1S/C46H88NO8P/c1-6-8-10-12-14-16-18-20-22-23-25-27-29-31-33-35-37-39-46(49)55-44(43-54-56(50,51)53-41-40-47(3,4)5)42-52-45(48)38-36-34-32-30-28-26-24-21-19-17-15-13-11-9-7-2/h16,18,28,30,44H,6-15,17,19-27,29,31-43H2,1-5H3/p+1/b18-16+,30-28+/t44-/m1/s1. The first-order valence-corrected chi connectivity index (χ1v) is 24.6. The number of hydrogen-bond donors (Lipinski definition) is 1. The van der Waals surface area contributed by atoms with Crippen LogP contribution in [0.15, 0.2) is 24.3 Å². The van der Waals surface area contributed by atoms with E-state index < -0.39 is 26.5 Å². The van der Waals surface area contributed by atoms with Crippen molar-refractivity contribution < 1.29 is 42.1 Å². The van der Waals surface area contributed by atoms with Crippen LogP contribution in [-0.2, 0) is 32.7 Å². The lowest BCUT2D eigenvalue weighted by Gasteiger charge is -2.24. The first-order chi connectivity index (χ1) is 27.0. The second-order valence-corrected chi connectivity index (χ2v) is 18.2. The van der Waals surface area contributed by atoms with E-state index in [1.54, 1.807) is 0 Å². The minimum absolute atomic E-state index is 0.0298. The number of phosphoric ester groups is 1. The van der Waals surface area contributed by atoms with E-state index in [0.717, 1.165) is 38.5 Å². The van der Waals surface area contributed by atoms with Gasteiger partial charge < -0.3 is 18.9 Å². The van der Waals surface area contributed by atoms with Gasteiger partial charge in [0, 0.05) is 12.8 Å². The van der Waals surface area contributed by atoms with Crippen molar-refractivity contribution in [2.75, 3.05) is 47.5 Å². The fraction of sp³-hybridized carbons (Fsp3) is 0.870. The van der Waals surface area contributed by atoms with Crippen molar-refractivity contribution in [3.05, 3.63) is 24.3 Å². The highest BCUT2D eigenvalue weighted by Gasteiger charge is 2.27. The van der Waals surface area contributed by atoms with Gasteiger partial charge in [0.1, 0.15) is 19.8 Å². The largest absolute Gasteiger partial charge is 0.472 e. The second-order valence-electron chi connectivity index (χ2n) is 16.8. The van der Waals surface area contributed by atoms with Crippen LogP contribution in [0, 0.1) is 0 Å². The van der Waals surface area contributed by atoms with Gasteiger partial charge in [-0.1, -0.05) is 154 Å². The number of carbonyl (C=O) groups excluding carboxylic acids is 2. The van der Waals surface area contributed by atoms with E-state index in [-0.39, 0.29) is 32.0 Å². The van der Waals surface area contributed by atoms with E-state index in [1.165, 1.54) is 128 Å². The summed E-state index contributed by atoms with van der Waals surface area (Å²) in [6.07, 6.45) is 42.2. The Bertz CT molecular complexity index is 1010. The van der Waals surface area contributed by atoms with Crippen molar-refractivity contribution in [3.63, 3.8) is 0 Å². The number of hydrogen-bond acceptors (Lipinski definition) is 7. The molecule has 0 saturated heterocycles. The number of phosphoric acid groups is 1. The molecule has 0 spiro atoms. The molecule has 0 aromatic rings. The highest BCUT2D eigenvalue weighted by atomic mass is 31.2. The van der Waals surface area contributed by atoms with Gasteiger partial charge in [-0.25, -0.2) is 4.57 Å². The van der Waals surface area contributed by atoms with Gasteiger partial charge in [0.25, 0.3) is 0 Å². The van der Waals surface area contributed by atoms with Gasteiger partial charge in [-0.15, -0.1) is 0 Å². The molecule has 1 N–H and O–H groups in total. The lowest BCUT2D eigenvalue weighted by molar-refractivity contribution is -0.870. The molecule has 0 aliphatic heterocycles. The summed E-state index contributed by atoms with van der Waals surface area (Å²) >= 11 is 0. The van der Waals surface area contributed by atoms with Crippen LogP contribution in [0.2, 0.25) is 0 Å². The summed E-state index contributed by atoms with van der Waals surface area (Å²) in [4.78, 5) is 35.4. The number of nitrogens with zero attached hydrogens (tertiary/aromatic N) is 1. The monoisotopic (exact) mass is 815 g/mol. The normalized spacial score (nSPS) is 13.8. The van der Waals surface area contributed by atoms with Gasteiger partial charge in [0.2, 0.25) is 0 Å². The minimum atomic E-state index is -4.38. The van der Waals surface area contributed by atoms with E-state index in [0.29, 0.717) is 23.9 Å². The van der Waals surface area contributed by atoms with Crippen molar-refractivity contribution >= 4 is 19.8 Å². The van der Waals surface area contributed by atoms with Crippen molar-refractivity contribution in [2.24, 2.45) is 0 Å². The average Bonchev–Trinajstić information content (AvgIpc) is 3.15. The number of ether oxygens (including phenoxy) is 2. The Labute approximate surface area is 345 Å². The Balaban J connectivity index is 4.34. The number of likely N-dealkylation sites (N-methyl/N-ethyl adjacent to an activating group) is 1. The van der Waals surface area contributed by atoms with Crippen molar-refractivity contribution in [2.45, 2.75) is 213 Å². The molecule has 1 unspecified atom stereocenters. The van der Waals surface area contributed by atoms with Crippen LogP contribution < -0.4 is 0 Å². The molecule has 10 heteroatoms. The first-order valence-electron chi connectivity index (χ1n) is 23.1. The summed E-state index contributed by atoms with van der Waals surface area (Å²) in [6.45, 7) is 4.40. The molecule has 0 radical (unpaired) electrons. The molecule has 0 aliphatic carbocycles. The minimum Gasteiger partial charge on any atom is -0.462 e. The Kier molecular flexibility index (Phi) is 37.9. The van der Waals surface area contributed by atoms with Gasteiger partial charge in [-0.3, -0.25) is 18.6 Å². The highest BCUT2D eigenvalue weighted by molar-refractivity contribution is 7.47. The number of quaternary nitrogens is 1. The Morgan fingerprint density at radius 2 is 0.911 bits per heavy atom. The highest BCUT2D eigenvalue weighted by Crippen LogP contribution is 2.43. The fourth-order valence-corrected chi connectivity index (χ4v) is 7.04. The Morgan fingerprint density at radius 1 is 0.536 bits per heavy atom. The van der Waals surface area contributed by atoms with Crippen molar-refractivity contribution in [1.29, 1.82) is 0 Å². The van der Waals surface area contributed by atoms with Crippen molar-refractivity contribution in [1.82, 2.24) is 0 Å². The predicted octanol–water partition coefficient (Wildman–Crippen LogP) is 13.1. The third kappa shape index (κ3) is 42.1. The Hall–Kier alpha value is -1.51. The number of carbonyl (C=O) groups is 2. The van der Waals surface area contributed by atoms with Gasteiger partial charge in [0.15, 0.2) is 6.10 Å². The summed E-state index contributed by atoms with van der Waals surface area (Å²) in [6, 6.07) is 0. The van der Waals surface area contributed by atoms with Gasteiger partial charge >= 0.3 is 19.8 Å². The number of allylic oxidation sites excluding steroid dienone is 4. The number of rotatable bonds is 42. The molecule has 0 heterocycles. The molecule has 330 valence electrons. The van der Waals surface area contributed by atoms with Crippen molar-refractivity contribution in [3.8, 4) is 0 Å². The zero-order chi connectivity index (χ0) is 41.4. The van der Waals surface area contributed by atoms with Gasteiger partial charge in [-0.2, -0.15) is 0 Å². The maximum absolute atomic E-state index is 12.7. The average molecular weight is 815 g/mol. The fourth-order valence-electron chi connectivity index (χ4n) is 6.30. The zero-order valence-corrected chi connectivity index (χ0v) is 38.0. The third-order valence-corrected chi connectivity index (χ3v) is 10.9. The molecule has 0 saturated carbocycles. The van der Waals surface area contributed by atoms with E-state index in [4.69, 9.17) is 18.5 Å². The smallest absolute Gasteiger partial charge is 0.462 e. The molecule has 9 nitrogen and oxygen atoms in total. The van der Waals surface area contributed by atoms with E-state index in [2.05, 4.69) is 38.2 Å². The SMILES string of the molecule is CCCCCC/C=C/CCCCCCCCCCCC(=O)O[C@H](COC(=O)CCCC/C=C/CCCCCCCCCCC)COP(=O)(O)OCC[N+](C)(C)C. The van der Waals surface area contributed by atoms with E-state index in [1.807, 2.05) is 21.1 Å². The molecule has 2 atom stereocenters. The Morgan fingerprint density at radius 3 is 1.38 bits per heavy atom. The second kappa shape index (κ2) is 39.0.